The molecule has 0 aliphatic rings. The van der Waals surface area contributed by atoms with Crippen LogP contribution in [0.15, 0.2) is 0 Å². The van der Waals surface area contributed by atoms with Crippen molar-refractivity contribution in [2.24, 2.45) is 0 Å². The molecule has 0 radical (unpaired) electrons. The Hall–Kier alpha value is -1.47. The molecule has 0 amide bonds. The first-order valence-corrected chi connectivity index (χ1v) is 3.62. The molecule has 0 atom stereocenters. The Kier molecular flexibility index (Phi) is 5.42. The van der Waals surface area contributed by atoms with Crippen LogP contribution in [-0.2, 0) is 23.9 Å². The van der Waals surface area contributed by atoms with Crippen molar-refractivity contribution >= 4 is 17.7 Å². The summed E-state index contributed by atoms with van der Waals surface area (Å²) in [5.41, 5.74) is 0. The highest BCUT2D eigenvalue weighted by Gasteiger charge is 2.22. The summed E-state index contributed by atoms with van der Waals surface area (Å²) in [6.45, 7) is -0.832. The molecule has 0 aliphatic carbocycles. The number of aliphatic hydroxyl groups excluding tert-OH is 2. The molecular weight excluding hydrogens is 196 g/mol. The molecule has 0 unspecified atom stereocenters. The van der Waals surface area contributed by atoms with Crippen molar-refractivity contribution in [1.29, 1.82) is 0 Å². The highest BCUT2D eigenvalue weighted by Crippen LogP contribution is 1.98. The normalized spacial score (nSPS) is 9.71. The van der Waals surface area contributed by atoms with Gasteiger partial charge in [0.15, 0.2) is 0 Å². The number of carbonyl (C=O) groups excluding carboxylic acids is 3. The van der Waals surface area contributed by atoms with Gasteiger partial charge in [-0.05, 0) is 0 Å². The number of ether oxygens (including phenoxy) is 2. The third kappa shape index (κ3) is 4.53. The van der Waals surface area contributed by atoms with Gasteiger partial charge in [-0.2, -0.15) is 0 Å². The zero-order chi connectivity index (χ0) is 11.1. The fourth-order valence-electron chi connectivity index (χ4n) is 0.503. The zero-order valence-corrected chi connectivity index (χ0v) is 7.43. The molecular formula is C7H10O7. The Labute approximate surface area is 79.2 Å². The summed E-state index contributed by atoms with van der Waals surface area (Å²) < 4.78 is 8.48. The summed E-state index contributed by atoms with van der Waals surface area (Å²) in [6.07, 6.45) is -1.71. The molecule has 14 heavy (non-hydrogen) atoms. The second kappa shape index (κ2) is 6.06. The molecule has 0 spiro atoms. The van der Waals surface area contributed by atoms with Crippen molar-refractivity contribution in [2.45, 2.75) is 13.2 Å². The van der Waals surface area contributed by atoms with Crippen molar-refractivity contribution in [3.8, 4) is 0 Å². The van der Waals surface area contributed by atoms with Crippen LogP contribution in [0.1, 0.15) is 6.92 Å². The summed E-state index contributed by atoms with van der Waals surface area (Å²) in [6, 6.07) is 0. The quantitative estimate of drug-likeness (QED) is 0.394. The second-order valence-electron chi connectivity index (χ2n) is 2.24. The van der Waals surface area contributed by atoms with Gasteiger partial charge in [0.1, 0.15) is 13.2 Å². The molecule has 2 N–H and O–H groups in total. The van der Waals surface area contributed by atoms with Crippen LogP contribution >= 0.6 is 0 Å². The van der Waals surface area contributed by atoms with E-state index in [1.54, 1.807) is 0 Å². The SMILES string of the molecule is CC(=O)C(OC(=O)CO)OC(=O)CO. The fourth-order valence-corrected chi connectivity index (χ4v) is 0.503. The smallest absolute Gasteiger partial charge is 0.335 e. The van der Waals surface area contributed by atoms with Crippen molar-refractivity contribution in [3.63, 3.8) is 0 Å². The van der Waals surface area contributed by atoms with Crippen LogP contribution in [0.5, 0.6) is 0 Å². The lowest BCUT2D eigenvalue weighted by Gasteiger charge is -2.13. The zero-order valence-electron chi connectivity index (χ0n) is 7.43. The fraction of sp³-hybridized carbons (Fsp3) is 0.571. The van der Waals surface area contributed by atoms with Gasteiger partial charge in [0.25, 0.3) is 0 Å². The maximum absolute atomic E-state index is 10.7. The van der Waals surface area contributed by atoms with Gasteiger partial charge in [-0.1, -0.05) is 0 Å². The van der Waals surface area contributed by atoms with E-state index in [0.717, 1.165) is 6.92 Å². The standard InChI is InChI=1S/C7H10O7/c1-4(10)7(13-5(11)2-8)14-6(12)3-9/h7-9H,2-3H2,1H3. The lowest BCUT2D eigenvalue weighted by Crippen LogP contribution is -2.32. The Bertz CT molecular complexity index is 216. The van der Waals surface area contributed by atoms with Crippen LogP contribution < -0.4 is 0 Å². The minimum absolute atomic E-state index is 0.728. The minimum Gasteiger partial charge on any atom is -0.416 e. The molecule has 7 heteroatoms. The Morgan fingerprint density at radius 3 is 1.64 bits per heavy atom. The minimum atomic E-state index is -1.71. The van der Waals surface area contributed by atoms with Crippen LogP contribution in [0.3, 0.4) is 0 Å². The van der Waals surface area contributed by atoms with Crippen molar-refractivity contribution in [3.05, 3.63) is 0 Å². The Morgan fingerprint density at radius 2 is 1.43 bits per heavy atom. The number of esters is 2. The molecule has 0 heterocycles. The second-order valence-corrected chi connectivity index (χ2v) is 2.24. The highest BCUT2D eigenvalue weighted by molar-refractivity contribution is 5.85. The van der Waals surface area contributed by atoms with Gasteiger partial charge in [0, 0.05) is 6.92 Å². The van der Waals surface area contributed by atoms with Crippen LogP contribution in [0.25, 0.3) is 0 Å². The lowest BCUT2D eigenvalue weighted by atomic mass is 10.4. The van der Waals surface area contributed by atoms with Crippen molar-refractivity contribution < 1.29 is 34.1 Å². The van der Waals surface area contributed by atoms with Gasteiger partial charge in [-0.15, -0.1) is 0 Å². The van der Waals surface area contributed by atoms with E-state index in [1.165, 1.54) is 0 Å². The number of ketones is 1. The number of aliphatic hydroxyl groups is 2. The van der Waals surface area contributed by atoms with Gasteiger partial charge in [0.05, 0.1) is 0 Å². The van der Waals surface area contributed by atoms with E-state index in [2.05, 4.69) is 9.47 Å². The molecule has 0 aromatic carbocycles. The summed E-state index contributed by atoms with van der Waals surface area (Å²) in [5, 5.41) is 16.6. The van der Waals surface area contributed by atoms with E-state index in [4.69, 9.17) is 10.2 Å². The van der Waals surface area contributed by atoms with Gasteiger partial charge in [0.2, 0.25) is 5.78 Å². The van der Waals surface area contributed by atoms with Gasteiger partial charge >= 0.3 is 18.2 Å². The van der Waals surface area contributed by atoms with E-state index in [9.17, 15) is 14.4 Å². The third-order valence-corrected chi connectivity index (χ3v) is 1.07. The van der Waals surface area contributed by atoms with E-state index >= 15 is 0 Å². The Morgan fingerprint density at radius 1 is 1.07 bits per heavy atom. The van der Waals surface area contributed by atoms with Crippen molar-refractivity contribution in [1.82, 2.24) is 0 Å². The predicted molar refractivity (Wildman–Crippen MR) is 40.8 cm³/mol. The molecule has 0 fully saturated rings. The topological polar surface area (TPSA) is 110 Å². The average molecular weight is 206 g/mol. The first-order valence-electron chi connectivity index (χ1n) is 3.62. The Balaban J connectivity index is 4.23. The molecule has 0 aliphatic heterocycles. The molecule has 0 aromatic rings. The van der Waals surface area contributed by atoms with E-state index < -0.39 is 37.2 Å². The summed E-state index contributed by atoms with van der Waals surface area (Å²) in [7, 11) is 0. The number of rotatable bonds is 5. The average Bonchev–Trinajstić information content (AvgIpc) is 2.16. The van der Waals surface area contributed by atoms with E-state index in [-0.39, 0.29) is 0 Å². The molecule has 0 bridgehead atoms. The highest BCUT2D eigenvalue weighted by atomic mass is 16.7. The van der Waals surface area contributed by atoms with Gasteiger partial charge in [-0.25, -0.2) is 9.59 Å². The van der Waals surface area contributed by atoms with Gasteiger partial charge < -0.3 is 19.7 Å². The van der Waals surface area contributed by atoms with E-state index in [1.807, 2.05) is 0 Å². The van der Waals surface area contributed by atoms with Crippen molar-refractivity contribution in [2.75, 3.05) is 13.2 Å². The first-order chi connectivity index (χ1) is 6.51. The lowest BCUT2D eigenvalue weighted by molar-refractivity contribution is -0.193. The number of hydrogen-bond acceptors (Lipinski definition) is 7. The first kappa shape index (κ1) is 12.5. The maximum Gasteiger partial charge on any atom is 0.335 e. The summed E-state index contributed by atoms with van der Waals surface area (Å²) in [5.74, 6) is -2.93. The van der Waals surface area contributed by atoms with Gasteiger partial charge in [-0.3, -0.25) is 4.79 Å². The number of carbonyl (C=O) groups is 3. The predicted octanol–water partition coefficient (Wildman–Crippen LogP) is -2.03. The number of hydrogen-bond donors (Lipinski definition) is 2. The van der Waals surface area contributed by atoms with Crippen LogP contribution in [0.4, 0.5) is 0 Å². The van der Waals surface area contributed by atoms with Crippen LogP contribution in [0.2, 0.25) is 0 Å². The number of Topliss-reactive ketones (excluding diaryl/α,β-unsaturated/α-hetero) is 1. The molecule has 0 aromatic heterocycles. The third-order valence-electron chi connectivity index (χ3n) is 1.07. The van der Waals surface area contributed by atoms with Crippen LogP contribution in [-0.4, -0.2) is 47.4 Å². The molecule has 0 rings (SSSR count). The molecule has 0 saturated heterocycles. The maximum atomic E-state index is 10.7. The summed E-state index contributed by atoms with van der Waals surface area (Å²) in [4.78, 5) is 31.8. The summed E-state index contributed by atoms with van der Waals surface area (Å²) >= 11 is 0. The largest absolute Gasteiger partial charge is 0.416 e. The molecule has 0 saturated carbocycles. The molecule has 80 valence electrons. The monoisotopic (exact) mass is 206 g/mol. The molecule has 7 nitrogen and oxygen atoms in total. The van der Waals surface area contributed by atoms with E-state index in [0.29, 0.717) is 0 Å². The van der Waals surface area contributed by atoms with Crippen LogP contribution in [0, 0.1) is 0 Å².